The van der Waals surface area contributed by atoms with Crippen LogP contribution in [0.3, 0.4) is 0 Å². The van der Waals surface area contributed by atoms with Gasteiger partial charge >= 0.3 is 16.3 Å². The normalized spacial score (nSPS) is 10.8. The smallest absolute Gasteiger partial charge is 0.422 e. The van der Waals surface area contributed by atoms with Gasteiger partial charge in [-0.2, -0.15) is 8.42 Å². The van der Waals surface area contributed by atoms with Crippen LogP contribution in [0.4, 0.5) is 25.0 Å². The number of rotatable bonds is 8. The maximum Gasteiger partial charge on any atom is 0.422 e. The fourth-order valence-electron chi connectivity index (χ4n) is 2.74. The molecule has 0 bridgehead atoms. The lowest BCUT2D eigenvalue weighted by Gasteiger charge is -2.14. The molecule has 0 aromatic heterocycles. The molecule has 0 fully saturated rings. The molecule has 0 atom stereocenters. The predicted molar refractivity (Wildman–Crippen MR) is 120 cm³/mol. The highest BCUT2D eigenvalue weighted by atomic mass is 32.2. The van der Waals surface area contributed by atoms with Gasteiger partial charge in [0.2, 0.25) is 0 Å². The molecule has 3 N–H and O–H groups in total. The summed E-state index contributed by atoms with van der Waals surface area (Å²) in [6.07, 6.45) is -1.22. The van der Waals surface area contributed by atoms with Crippen LogP contribution in [-0.2, 0) is 21.6 Å². The van der Waals surface area contributed by atoms with Crippen LogP contribution in [0.15, 0.2) is 66.7 Å². The molecule has 0 unspecified atom stereocenters. The largest absolute Gasteiger partial charge is 0.495 e. The molecule has 3 rings (SSSR count). The summed E-state index contributed by atoms with van der Waals surface area (Å²) in [6.45, 7) is -0.148. The van der Waals surface area contributed by atoms with E-state index >= 15 is 0 Å². The van der Waals surface area contributed by atoms with Gasteiger partial charge in [0.25, 0.3) is 5.91 Å². The van der Waals surface area contributed by atoms with Gasteiger partial charge in [0, 0.05) is 17.3 Å². The van der Waals surface area contributed by atoms with Crippen molar-refractivity contribution in [2.45, 2.75) is 6.61 Å². The number of anilines is 2. The first-order chi connectivity index (χ1) is 16.2. The van der Waals surface area contributed by atoms with Gasteiger partial charge in [-0.1, -0.05) is 30.3 Å². The summed E-state index contributed by atoms with van der Waals surface area (Å²) in [5.74, 6) is -2.91. The van der Waals surface area contributed by atoms with Crippen LogP contribution >= 0.6 is 0 Å². The molecular formula is C22H19F2N3O6S. The highest BCUT2D eigenvalue weighted by Gasteiger charge is 2.19. The number of amides is 2. The summed E-state index contributed by atoms with van der Waals surface area (Å²) < 4.78 is 64.9. The summed E-state index contributed by atoms with van der Waals surface area (Å²) in [5.41, 5.74) is 0.452. The summed E-state index contributed by atoms with van der Waals surface area (Å²) in [4.78, 5) is 24.4. The molecule has 3 aromatic rings. The van der Waals surface area contributed by atoms with Gasteiger partial charge in [-0.05, 0) is 35.9 Å². The molecule has 34 heavy (non-hydrogen) atoms. The number of carbonyl (C=O) groups excluding carboxylic acids is 2. The molecule has 9 nitrogen and oxygen atoms in total. The minimum atomic E-state index is -4.46. The predicted octanol–water partition coefficient (Wildman–Crippen LogP) is 3.81. The monoisotopic (exact) mass is 491 g/mol. The Morgan fingerprint density at radius 3 is 2.35 bits per heavy atom. The van der Waals surface area contributed by atoms with Crippen LogP contribution < -0.4 is 19.5 Å². The number of hydrogen-bond donors (Lipinski definition) is 3. The third-order valence-corrected chi connectivity index (χ3v) is 5.24. The van der Waals surface area contributed by atoms with Crippen molar-refractivity contribution in [3.8, 4) is 5.75 Å². The summed E-state index contributed by atoms with van der Waals surface area (Å²) >= 11 is 0. The topological polar surface area (TPSA) is 123 Å². The Morgan fingerprint density at radius 2 is 1.68 bits per heavy atom. The summed E-state index contributed by atoms with van der Waals surface area (Å²) in [7, 11) is -3.19. The second kappa shape index (κ2) is 10.6. The second-order valence-corrected chi connectivity index (χ2v) is 8.18. The Labute approximate surface area is 193 Å². The van der Waals surface area contributed by atoms with Gasteiger partial charge in [0.15, 0.2) is 11.6 Å². The van der Waals surface area contributed by atoms with E-state index in [0.29, 0.717) is 5.56 Å². The molecule has 0 aliphatic carbocycles. The summed E-state index contributed by atoms with van der Waals surface area (Å²) in [5, 5.41) is 2.36. The number of carbonyl (C=O) groups is 2. The minimum absolute atomic E-state index is 0.00956. The lowest BCUT2D eigenvalue weighted by Crippen LogP contribution is -2.35. The van der Waals surface area contributed by atoms with Crippen molar-refractivity contribution in [1.82, 2.24) is 4.72 Å². The quantitative estimate of drug-likeness (QED) is 0.441. The van der Waals surface area contributed by atoms with Crippen LogP contribution in [-0.4, -0.2) is 27.5 Å². The molecule has 0 saturated heterocycles. The molecule has 2 amide bonds. The van der Waals surface area contributed by atoms with Gasteiger partial charge in [0.05, 0.1) is 12.8 Å². The van der Waals surface area contributed by atoms with Gasteiger partial charge in [-0.3, -0.25) is 9.52 Å². The Morgan fingerprint density at radius 1 is 0.941 bits per heavy atom. The first kappa shape index (κ1) is 24.5. The Bertz CT molecular complexity index is 1300. The van der Waals surface area contributed by atoms with Crippen LogP contribution in [0.2, 0.25) is 0 Å². The SMILES string of the molecule is COc1ccc(C(=O)Nc2ccc(F)c(F)c2)cc1NS(=O)(=O)NC(=O)OCc1ccccc1. The van der Waals surface area contributed by atoms with Crippen molar-refractivity contribution >= 4 is 33.6 Å². The van der Waals surface area contributed by atoms with E-state index in [0.717, 1.165) is 24.3 Å². The number of hydrogen-bond acceptors (Lipinski definition) is 6. The van der Waals surface area contributed by atoms with Crippen molar-refractivity contribution in [3.05, 3.63) is 89.5 Å². The number of halogens is 2. The van der Waals surface area contributed by atoms with Crippen LogP contribution in [0, 0.1) is 11.6 Å². The molecule has 0 saturated carbocycles. The molecule has 0 spiro atoms. The standard InChI is InChI=1S/C22H19F2N3O6S/c1-32-20-10-7-15(21(28)25-16-8-9-17(23)18(24)12-16)11-19(20)26-34(30,31)27-22(29)33-13-14-5-3-2-4-6-14/h2-12,26H,13H2,1H3,(H,25,28)(H,27,29). The first-order valence-corrected chi connectivity index (χ1v) is 11.1. The third kappa shape index (κ3) is 6.65. The van der Waals surface area contributed by atoms with E-state index in [4.69, 9.17) is 9.47 Å². The van der Waals surface area contributed by atoms with Crippen molar-refractivity contribution in [2.24, 2.45) is 0 Å². The summed E-state index contributed by atoms with van der Waals surface area (Å²) in [6, 6.07) is 15.2. The maximum atomic E-state index is 13.4. The van der Waals surface area contributed by atoms with Crippen LogP contribution in [0.25, 0.3) is 0 Å². The average Bonchev–Trinajstić information content (AvgIpc) is 2.80. The van der Waals surface area contributed by atoms with Gasteiger partial charge in [0.1, 0.15) is 12.4 Å². The van der Waals surface area contributed by atoms with E-state index in [-0.39, 0.29) is 29.3 Å². The molecular weight excluding hydrogens is 472 g/mol. The molecule has 0 aliphatic heterocycles. The average molecular weight is 491 g/mol. The maximum absolute atomic E-state index is 13.4. The zero-order chi connectivity index (χ0) is 24.7. The third-order valence-electron chi connectivity index (χ3n) is 4.31. The van der Waals surface area contributed by atoms with E-state index in [1.807, 2.05) is 0 Å². The number of nitrogens with one attached hydrogen (secondary N) is 3. The number of methoxy groups -OCH3 is 1. The first-order valence-electron chi connectivity index (χ1n) is 9.62. The molecule has 0 heterocycles. The Kier molecular flexibility index (Phi) is 7.64. The van der Waals surface area contributed by atoms with Gasteiger partial charge in [-0.15, -0.1) is 0 Å². The zero-order valence-corrected chi connectivity index (χ0v) is 18.5. The van der Waals surface area contributed by atoms with E-state index in [9.17, 15) is 26.8 Å². The fraction of sp³-hybridized carbons (Fsp3) is 0.0909. The number of benzene rings is 3. The molecule has 0 aliphatic rings. The fourth-order valence-corrected chi connectivity index (χ4v) is 3.52. The lowest BCUT2D eigenvalue weighted by molar-refractivity contribution is 0.102. The lowest BCUT2D eigenvalue weighted by atomic mass is 10.1. The van der Waals surface area contributed by atoms with Gasteiger partial charge in [-0.25, -0.2) is 18.3 Å². The van der Waals surface area contributed by atoms with Crippen molar-refractivity contribution in [1.29, 1.82) is 0 Å². The molecule has 3 aromatic carbocycles. The van der Waals surface area contributed by atoms with Crippen molar-refractivity contribution in [2.75, 3.05) is 17.1 Å². The molecule has 178 valence electrons. The van der Waals surface area contributed by atoms with E-state index in [1.165, 1.54) is 19.2 Å². The highest BCUT2D eigenvalue weighted by molar-refractivity contribution is 7.91. The van der Waals surface area contributed by atoms with E-state index in [2.05, 4.69) is 10.0 Å². The zero-order valence-electron chi connectivity index (χ0n) is 17.7. The van der Waals surface area contributed by atoms with Crippen LogP contribution in [0.1, 0.15) is 15.9 Å². The van der Waals surface area contributed by atoms with Crippen molar-refractivity contribution in [3.63, 3.8) is 0 Å². The highest BCUT2D eigenvalue weighted by Crippen LogP contribution is 2.27. The molecule has 12 heteroatoms. The van der Waals surface area contributed by atoms with E-state index in [1.54, 1.807) is 35.1 Å². The minimum Gasteiger partial charge on any atom is -0.495 e. The molecule has 0 radical (unpaired) electrons. The van der Waals surface area contributed by atoms with E-state index < -0.39 is 33.8 Å². The van der Waals surface area contributed by atoms with Gasteiger partial charge < -0.3 is 14.8 Å². The Hall–Kier alpha value is -4.19. The second-order valence-electron chi connectivity index (χ2n) is 6.77. The van der Waals surface area contributed by atoms with Crippen molar-refractivity contribution < 1.29 is 36.3 Å². The number of ether oxygens (including phenoxy) is 2. The van der Waals surface area contributed by atoms with Crippen LogP contribution in [0.5, 0.6) is 5.75 Å². The Balaban J connectivity index is 1.69.